The molecule has 0 fully saturated rings. The van der Waals surface area contributed by atoms with Crippen LogP contribution in [0.25, 0.3) is 16.4 Å². The number of anilines is 1. The predicted molar refractivity (Wildman–Crippen MR) is 124 cm³/mol. The lowest BCUT2D eigenvalue weighted by molar-refractivity contribution is -0.137. The number of benzene rings is 2. The number of halogens is 3. The Morgan fingerprint density at radius 3 is 2.38 bits per heavy atom. The highest BCUT2D eigenvalue weighted by Gasteiger charge is 2.30. The molecule has 0 spiro atoms. The van der Waals surface area contributed by atoms with Crippen molar-refractivity contribution in [2.45, 2.75) is 20.0 Å². The van der Waals surface area contributed by atoms with E-state index >= 15 is 0 Å². The molecule has 10 heteroatoms. The molecule has 2 heterocycles. The number of hydrogen-bond donors (Lipinski definition) is 1. The van der Waals surface area contributed by atoms with Gasteiger partial charge in [-0.1, -0.05) is 19.9 Å². The van der Waals surface area contributed by atoms with Gasteiger partial charge in [0.25, 0.3) is 5.91 Å². The first kappa shape index (κ1) is 23.5. The molecule has 0 radical (unpaired) electrons. The van der Waals surface area contributed by atoms with Gasteiger partial charge in [-0.25, -0.2) is 4.68 Å². The number of nitrogens with zero attached hydrogens (tertiary/aromatic N) is 3. The van der Waals surface area contributed by atoms with Gasteiger partial charge in [-0.2, -0.15) is 18.2 Å². The number of amides is 1. The number of carbonyl (C=O) groups excluding carboxylic acids is 1. The van der Waals surface area contributed by atoms with Crippen LogP contribution < -0.4 is 10.1 Å². The normalized spacial score (nSPS) is 11.6. The average molecular weight is 487 g/mol. The van der Waals surface area contributed by atoms with Gasteiger partial charge >= 0.3 is 12.2 Å². The standard InChI is InChI=1S/C24H21F3N4O2S/c1-15(2)14-33-23-29-21(20-4-3-13-34-20)31(30-23)19-11-9-18(10-12-19)28-22(32)16-5-7-17(8-6-16)24(25,26)27/h3-13,15H,14H2,1-2H3,(H,28,32). The van der Waals surface area contributed by atoms with Crippen LogP contribution in [-0.2, 0) is 6.18 Å². The van der Waals surface area contributed by atoms with Crippen molar-refractivity contribution in [2.75, 3.05) is 11.9 Å². The fourth-order valence-electron chi connectivity index (χ4n) is 3.04. The molecular weight excluding hydrogens is 465 g/mol. The van der Waals surface area contributed by atoms with Crippen molar-refractivity contribution in [2.24, 2.45) is 5.92 Å². The first-order chi connectivity index (χ1) is 16.2. The van der Waals surface area contributed by atoms with Crippen LogP contribution in [0.15, 0.2) is 66.0 Å². The van der Waals surface area contributed by atoms with E-state index in [0.29, 0.717) is 29.7 Å². The van der Waals surface area contributed by atoms with Gasteiger partial charge in [-0.15, -0.1) is 16.4 Å². The van der Waals surface area contributed by atoms with Crippen molar-refractivity contribution in [1.82, 2.24) is 14.8 Å². The molecule has 2 aromatic heterocycles. The van der Waals surface area contributed by atoms with E-state index in [9.17, 15) is 18.0 Å². The summed E-state index contributed by atoms with van der Waals surface area (Å²) < 4.78 is 45.5. The quantitative estimate of drug-likeness (QED) is 0.333. The van der Waals surface area contributed by atoms with Crippen molar-refractivity contribution in [3.63, 3.8) is 0 Å². The van der Waals surface area contributed by atoms with Gasteiger partial charge < -0.3 is 10.1 Å². The Hall–Kier alpha value is -3.66. The summed E-state index contributed by atoms with van der Waals surface area (Å²) in [6.07, 6.45) is -4.45. The maximum atomic E-state index is 12.7. The maximum Gasteiger partial charge on any atom is 0.416 e. The van der Waals surface area contributed by atoms with Crippen LogP contribution >= 0.6 is 11.3 Å². The van der Waals surface area contributed by atoms with E-state index in [1.54, 1.807) is 28.9 Å². The fourth-order valence-corrected chi connectivity index (χ4v) is 3.74. The van der Waals surface area contributed by atoms with Gasteiger partial charge in [-0.05, 0) is 65.9 Å². The Bertz CT molecular complexity index is 1250. The van der Waals surface area contributed by atoms with Gasteiger partial charge in [0.2, 0.25) is 0 Å². The lowest BCUT2D eigenvalue weighted by atomic mass is 10.1. The summed E-state index contributed by atoms with van der Waals surface area (Å²) in [5, 5.41) is 9.12. The van der Waals surface area contributed by atoms with Crippen LogP contribution in [0.4, 0.5) is 18.9 Å². The minimum Gasteiger partial charge on any atom is -0.462 e. The molecule has 4 rings (SSSR count). The number of ether oxygens (including phenoxy) is 1. The van der Waals surface area contributed by atoms with Crippen molar-refractivity contribution in [1.29, 1.82) is 0 Å². The summed E-state index contributed by atoms with van der Waals surface area (Å²) >= 11 is 1.53. The van der Waals surface area contributed by atoms with Crippen LogP contribution in [0, 0.1) is 5.92 Å². The fraction of sp³-hybridized carbons (Fsp3) is 0.208. The summed E-state index contributed by atoms with van der Waals surface area (Å²) in [6, 6.07) is 15.1. The number of nitrogens with one attached hydrogen (secondary N) is 1. The third kappa shape index (κ3) is 5.45. The Morgan fingerprint density at radius 1 is 1.09 bits per heavy atom. The molecule has 0 aliphatic carbocycles. The second-order valence-corrected chi connectivity index (χ2v) is 8.84. The number of carbonyl (C=O) groups is 1. The van der Waals surface area contributed by atoms with Crippen LogP contribution in [0.2, 0.25) is 0 Å². The van der Waals surface area contributed by atoms with Gasteiger partial charge in [-0.3, -0.25) is 4.79 Å². The van der Waals surface area contributed by atoms with E-state index in [2.05, 4.69) is 15.4 Å². The van der Waals surface area contributed by atoms with Gasteiger partial charge in [0, 0.05) is 11.3 Å². The highest BCUT2D eigenvalue weighted by Crippen LogP contribution is 2.30. The molecule has 0 saturated carbocycles. The molecule has 0 unspecified atom stereocenters. The number of hydrogen-bond acceptors (Lipinski definition) is 5. The molecule has 1 N–H and O–H groups in total. The largest absolute Gasteiger partial charge is 0.462 e. The Balaban J connectivity index is 1.52. The Morgan fingerprint density at radius 2 is 1.79 bits per heavy atom. The lowest BCUT2D eigenvalue weighted by Gasteiger charge is -2.09. The van der Waals surface area contributed by atoms with Gasteiger partial charge in [0.05, 0.1) is 22.7 Å². The van der Waals surface area contributed by atoms with Crippen molar-refractivity contribution in [3.8, 4) is 22.4 Å². The van der Waals surface area contributed by atoms with Crippen molar-refractivity contribution in [3.05, 3.63) is 77.2 Å². The average Bonchev–Trinajstić information content (AvgIpc) is 3.48. The molecule has 0 atom stereocenters. The number of rotatable bonds is 7. The van der Waals surface area contributed by atoms with Gasteiger partial charge in [0.1, 0.15) is 0 Å². The molecule has 0 aliphatic rings. The SMILES string of the molecule is CC(C)COc1nc(-c2cccs2)n(-c2ccc(NC(=O)c3ccc(C(F)(F)F)cc3)cc2)n1. The second kappa shape index (κ2) is 9.68. The van der Waals surface area contributed by atoms with E-state index in [4.69, 9.17) is 4.74 Å². The van der Waals surface area contributed by atoms with Crippen molar-refractivity contribution < 1.29 is 22.7 Å². The highest BCUT2D eigenvalue weighted by molar-refractivity contribution is 7.13. The zero-order chi connectivity index (χ0) is 24.3. The van der Waals surface area contributed by atoms with Crippen LogP contribution in [-0.4, -0.2) is 27.3 Å². The lowest BCUT2D eigenvalue weighted by Crippen LogP contribution is -2.13. The monoisotopic (exact) mass is 486 g/mol. The maximum absolute atomic E-state index is 12.7. The molecule has 0 aliphatic heterocycles. The molecule has 0 bridgehead atoms. The van der Waals surface area contributed by atoms with E-state index in [-0.39, 0.29) is 11.6 Å². The third-order valence-corrected chi connectivity index (χ3v) is 5.59. The third-order valence-electron chi connectivity index (χ3n) is 4.72. The smallest absolute Gasteiger partial charge is 0.416 e. The summed E-state index contributed by atoms with van der Waals surface area (Å²) in [5.74, 6) is 0.450. The van der Waals surface area contributed by atoms with E-state index in [1.807, 2.05) is 31.4 Å². The topological polar surface area (TPSA) is 69.0 Å². The van der Waals surface area contributed by atoms with E-state index in [1.165, 1.54) is 11.3 Å². The second-order valence-electron chi connectivity index (χ2n) is 7.89. The summed E-state index contributed by atoms with van der Waals surface area (Å²) in [4.78, 5) is 17.9. The minimum absolute atomic E-state index is 0.125. The molecular formula is C24H21F3N4O2S. The van der Waals surface area contributed by atoms with Crippen molar-refractivity contribution >= 4 is 22.9 Å². The molecule has 2 aromatic carbocycles. The van der Waals surface area contributed by atoms with Gasteiger partial charge in [0.15, 0.2) is 5.82 Å². The summed E-state index contributed by atoms with van der Waals surface area (Å²) in [6.45, 7) is 4.56. The Kier molecular flexibility index (Phi) is 6.69. The first-order valence-corrected chi connectivity index (χ1v) is 11.3. The number of alkyl halides is 3. The molecule has 4 aromatic rings. The van der Waals surface area contributed by atoms with E-state index in [0.717, 1.165) is 29.1 Å². The van der Waals surface area contributed by atoms with Crippen LogP contribution in [0.1, 0.15) is 29.8 Å². The van der Waals surface area contributed by atoms with E-state index < -0.39 is 17.6 Å². The molecule has 0 saturated heterocycles. The number of aromatic nitrogens is 3. The molecule has 176 valence electrons. The zero-order valence-corrected chi connectivity index (χ0v) is 19.2. The molecule has 34 heavy (non-hydrogen) atoms. The predicted octanol–water partition coefficient (Wildman–Crippen LogP) is 6.30. The Labute approximate surface area is 198 Å². The number of thiophene rings is 1. The summed E-state index contributed by atoms with van der Waals surface area (Å²) in [7, 11) is 0. The summed E-state index contributed by atoms with van der Waals surface area (Å²) in [5.41, 5.74) is 0.519. The first-order valence-electron chi connectivity index (χ1n) is 10.4. The zero-order valence-electron chi connectivity index (χ0n) is 18.3. The van der Waals surface area contributed by atoms with Crippen LogP contribution in [0.5, 0.6) is 6.01 Å². The highest BCUT2D eigenvalue weighted by atomic mass is 32.1. The minimum atomic E-state index is -4.45. The molecule has 6 nitrogen and oxygen atoms in total. The molecule has 1 amide bonds. The van der Waals surface area contributed by atoms with Crippen LogP contribution in [0.3, 0.4) is 0 Å².